The van der Waals surface area contributed by atoms with Crippen molar-refractivity contribution in [2.45, 2.75) is 44.4 Å². The molecule has 0 aliphatic carbocycles. The molecule has 0 N–H and O–H groups in total. The fraction of sp³-hybridized carbons (Fsp3) is 0.444. The van der Waals surface area contributed by atoms with Gasteiger partial charge in [-0.15, -0.1) is 6.58 Å². The zero-order valence-electron chi connectivity index (χ0n) is 13.4. The van der Waals surface area contributed by atoms with E-state index in [0.717, 1.165) is 24.8 Å². The molecule has 23 heavy (non-hydrogen) atoms. The van der Waals surface area contributed by atoms with Gasteiger partial charge in [-0.25, -0.2) is 9.59 Å². The fourth-order valence-electron chi connectivity index (χ4n) is 2.91. The molecule has 1 fully saturated rings. The molecule has 1 aromatic rings. The molecular formula is C18H23NO4. The smallest absolute Gasteiger partial charge is 0.411 e. The van der Waals surface area contributed by atoms with Gasteiger partial charge in [0.25, 0.3) is 0 Å². The number of nitrogens with zero attached hydrogens (tertiary/aromatic N) is 1. The van der Waals surface area contributed by atoms with Gasteiger partial charge in [0.15, 0.2) is 0 Å². The van der Waals surface area contributed by atoms with E-state index in [1.165, 1.54) is 12.0 Å². The van der Waals surface area contributed by atoms with Gasteiger partial charge in [-0.2, -0.15) is 0 Å². The molecule has 0 aromatic heterocycles. The van der Waals surface area contributed by atoms with Crippen molar-refractivity contribution in [2.75, 3.05) is 7.11 Å². The quantitative estimate of drug-likeness (QED) is 0.597. The van der Waals surface area contributed by atoms with Crippen LogP contribution in [0.15, 0.2) is 43.0 Å². The lowest BCUT2D eigenvalue weighted by atomic mass is 10.1. The normalized spacial score (nSPS) is 20.1. The number of hydrogen-bond acceptors (Lipinski definition) is 4. The molecule has 1 saturated heterocycles. The van der Waals surface area contributed by atoms with Crippen LogP contribution >= 0.6 is 0 Å². The van der Waals surface area contributed by atoms with Crippen LogP contribution in [-0.2, 0) is 20.9 Å². The molecule has 0 spiro atoms. The molecule has 1 aromatic carbocycles. The van der Waals surface area contributed by atoms with Crippen LogP contribution in [0.25, 0.3) is 0 Å². The van der Waals surface area contributed by atoms with Gasteiger partial charge in [-0.05, 0) is 31.2 Å². The highest BCUT2D eigenvalue weighted by molar-refractivity contribution is 5.82. The Bertz CT molecular complexity index is 543. The number of carbonyl (C=O) groups is 2. The molecule has 1 heterocycles. The predicted octanol–water partition coefficient (Wildman–Crippen LogP) is 3.30. The maximum Gasteiger partial charge on any atom is 0.411 e. The van der Waals surface area contributed by atoms with Gasteiger partial charge in [-0.3, -0.25) is 4.90 Å². The zero-order valence-corrected chi connectivity index (χ0v) is 13.4. The van der Waals surface area contributed by atoms with Crippen LogP contribution in [0, 0.1) is 0 Å². The number of likely N-dealkylation sites (tertiary alicyclic amines) is 1. The minimum atomic E-state index is -0.557. The van der Waals surface area contributed by atoms with Crippen LogP contribution in [0.2, 0.25) is 0 Å². The van der Waals surface area contributed by atoms with Gasteiger partial charge in [0.1, 0.15) is 12.6 Å². The van der Waals surface area contributed by atoms with E-state index in [-0.39, 0.29) is 18.6 Å². The number of esters is 1. The van der Waals surface area contributed by atoms with Crippen molar-refractivity contribution in [3.63, 3.8) is 0 Å². The maximum absolute atomic E-state index is 12.5. The van der Waals surface area contributed by atoms with Crippen molar-refractivity contribution >= 4 is 12.1 Å². The highest BCUT2D eigenvalue weighted by Gasteiger charge is 2.42. The van der Waals surface area contributed by atoms with Gasteiger partial charge < -0.3 is 9.47 Å². The number of hydrogen-bond donors (Lipinski definition) is 0. The lowest BCUT2D eigenvalue weighted by Gasteiger charge is -2.28. The Labute approximate surface area is 136 Å². The third-order valence-corrected chi connectivity index (χ3v) is 4.10. The monoisotopic (exact) mass is 317 g/mol. The van der Waals surface area contributed by atoms with E-state index in [1.54, 1.807) is 0 Å². The molecule has 5 nitrogen and oxygen atoms in total. The average molecular weight is 317 g/mol. The Hall–Kier alpha value is -2.30. The largest absolute Gasteiger partial charge is 0.467 e. The molecule has 5 heteroatoms. The summed E-state index contributed by atoms with van der Waals surface area (Å²) >= 11 is 0. The summed E-state index contributed by atoms with van der Waals surface area (Å²) in [6, 6.07) is 8.91. The number of ether oxygens (including phenoxy) is 2. The first-order valence-electron chi connectivity index (χ1n) is 7.85. The van der Waals surface area contributed by atoms with Gasteiger partial charge in [0.05, 0.1) is 7.11 Å². The lowest BCUT2D eigenvalue weighted by Crippen LogP contribution is -2.45. The molecule has 1 amide bonds. The Morgan fingerprint density at radius 2 is 2.04 bits per heavy atom. The molecule has 0 saturated carbocycles. The van der Waals surface area contributed by atoms with Crippen LogP contribution in [-0.4, -0.2) is 36.2 Å². The summed E-state index contributed by atoms with van der Waals surface area (Å²) in [4.78, 5) is 26.0. The van der Waals surface area contributed by atoms with E-state index in [9.17, 15) is 9.59 Å². The second kappa shape index (κ2) is 8.36. The van der Waals surface area contributed by atoms with Crippen LogP contribution < -0.4 is 0 Å². The highest BCUT2D eigenvalue weighted by Crippen LogP contribution is 2.29. The first-order valence-corrected chi connectivity index (χ1v) is 7.85. The molecule has 2 rings (SSSR count). The highest BCUT2D eigenvalue weighted by atomic mass is 16.6. The summed E-state index contributed by atoms with van der Waals surface area (Å²) in [7, 11) is 1.34. The minimum absolute atomic E-state index is 0.0135. The Morgan fingerprint density at radius 3 is 2.70 bits per heavy atom. The molecule has 0 unspecified atom stereocenters. The third-order valence-electron chi connectivity index (χ3n) is 4.10. The first kappa shape index (κ1) is 17.1. The molecule has 2 atom stereocenters. The number of methoxy groups -OCH3 is 1. The third kappa shape index (κ3) is 4.34. The van der Waals surface area contributed by atoms with E-state index in [0.29, 0.717) is 6.42 Å². The van der Waals surface area contributed by atoms with Gasteiger partial charge in [0.2, 0.25) is 0 Å². The molecule has 0 radical (unpaired) electrons. The fourth-order valence-corrected chi connectivity index (χ4v) is 2.91. The van der Waals surface area contributed by atoms with Crippen molar-refractivity contribution in [3.8, 4) is 0 Å². The molecule has 1 aliphatic rings. The standard InChI is InChI=1S/C18H23NO4/c1-3-4-10-15-11-12-16(17(20)22-2)19(15)18(21)23-13-14-8-6-5-7-9-14/h3,5-9,15-16H,1,4,10-13H2,2H3/t15-,16-/m1/s1. The van der Waals surface area contributed by atoms with Gasteiger partial charge in [0, 0.05) is 6.04 Å². The van der Waals surface area contributed by atoms with Gasteiger partial charge in [-0.1, -0.05) is 36.4 Å². The zero-order chi connectivity index (χ0) is 16.7. The van der Waals surface area contributed by atoms with E-state index in [1.807, 2.05) is 36.4 Å². The summed E-state index contributed by atoms with van der Waals surface area (Å²) < 4.78 is 10.2. The van der Waals surface area contributed by atoms with E-state index >= 15 is 0 Å². The minimum Gasteiger partial charge on any atom is -0.467 e. The lowest BCUT2D eigenvalue weighted by molar-refractivity contribution is -0.145. The average Bonchev–Trinajstić information content (AvgIpc) is 3.02. The Balaban J connectivity index is 2.04. The first-order chi connectivity index (χ1) is 11.2. The SMILES string of the molecule is C=CCC[C@@H]1CC[C@H](C(=O)OC)N1C(=O)OCc1ccccc1. The Morgan fingerprint density at radius 1 is 1.30 bits per heavy atom. The van der Waals surface area contributed by atoms with E-state index in [4.69, 9.17) is 9.47 Å². The van der Waals surface area contributed by atoms with Crippen molar-refractivity contribution < 1.29 is 19.1 Å². The van der Waals surface area contributed by atoms with Crippen LogP contribution in [0.3, 0.4) is 0 Å². The summed E-state index contributed by atoms with van der Waals surface area (Å²) in [6.45, 7) is 3.90. The second-order valence-corrected chi connectivity index (χ2v) is 5.58. The van der Waals surface area contributed by atoms with Crippen molar-refractivity contribution in [2.24, 2.45) is 0 Å². The topological polar surface area (TPSA) is 55.8 Å². The summed E-state index contributed by atoms with van der Waals surface area (Å²) in [5, 5.41) is 0. The molecule has 1 aliphatic heterocycles. The Kier molecular flexibility index (Phi) is 6.20. The van der Waals surface area contributed by atoms with E-state index in [2.05, 4.69) is 6.58 Å². The number of allylic oxidation sites excluding steroid dienone is 1. The molecule has 124 valence electrons. The van der Waals surface area contributed by atoms with Crippen LogP contribution in [0.5, 0.6) is 0 Å². The van der Waals surface area contributed by atoms with Crippen molar-refractivity contribution in [1.29, 1.82) is 0 Å². The predicted molar refractivity (Wildman–Crippen MR) is 86.7 cm³/mol. The summed E-state index contributed by atoms with van der Waals surface area (Å²) in [6.07, 6.45) is 4.30. The number of rotatable bonds is 6. The van der Waals surface area contributed by atoms with Crippen molar-refractivity contribution in [1.82, 2.24) is 4.90 Å². The van der Waals surface area contributed by atoms with Crippen LogP contribution in [0.4, 0.5) is 4.79 Å². The second-order valence-electron chi connectivity index (χ2n) is 5.58. The van der Waals surface area contributed by atoms with Gasteiger partial charge >= 0.3 is 12.1 Å². The molecule has 0 bridgehead atoms. The summed E-state index contributed by atoms with van der Waals surface area (Å²) in [5.74, 6) is -0.386. The number of amides is 1. The van der Waals surface area contributed by atoms with Crippen LogP contribution in [0.1, 0.15) is 31.2 Å². The molecular weight excluding hydrogens is 294 g/mol. The number of carbonyl (C=O) groups excluding carboxylic acids is 2. The number of benzene rings is 1. The summed E-state index contributed by atoms with van der Waals surface area (Å²) in [5.41, 5.74) is 0.914. The van der Waals surface area contributed by atoms with Crippen molar-refractivity contribution in [3.05, 3.63) is 48.6 Å². The maximum atomic E-state index is 12.5. The van der Waals surface area contributed by atoms with E-state index < -0.39 is 12.1 Å².